The first-order valence-corrected chi connectivity index (χ1v) is 12.4. The number of rotatable bonds is 8. The van der Waals surface area contributed by atoms with Crippen molar-refractivity contribution in [1.29, 1.82) is 0 Å². The fourth-order valence-electron chi connectivity index (χ4n) is 5.01. The largest absolute Gasteiger partial charge is 0.478 e. The number of anilines is 2. The Balaban J connectivity index is 1.47. The van der Waals surface area contributed by atoms with Crippen molar-refractivity contribution in [3.8, 4) is 5.88 Å². The van der Waals surface area contributed by atoms with E-state index in [0.29, 0.717) is 43.4 Å². The first kappa shape index (κ1) is 25.2. The van der Waals surface area contributed by atoms with Gasteiger partial charge in [0.1, 0.15) is 0 Å². The fourth-order valence-corrected chi connectivity index (χ4v) is 5.01. The maximum atomic E-state index is 13.8. The Morgan fingerprint density at radius 1 is 1.29 bits per heavy atom. The summed E-state index contributed by atoms with van der Waals surface area (Å²) in [5, 5.41) is 10.8. The standard InChI is InChI=1S/C24H38N8O3/c1-7-35-19-9-10-25-22(26-19)27-21-18-15-32(24(4,5)20(18)28-29-21)23(33)31-14-16(2)30(13-17(31)3)11-8-12-34-6/h9-10,16-17H,7-8,11-15H2,1-6H3,(H2,25,26,27,28,29)/t16-,17+/m1/s1. The third kappa shape index (κ3) is 5.06. The average molecular weight is 487 g/mol. The van der Waals surface area contributed by atoms with Gasteiger partial charge in [-0.2, -0.15) is 10.1 Å². The SMILES string of the molecule is CCOc1ccnc(Nc2n[nH]c3c2CN(C(=O)N2C[C@@H](C)N(CCCOC)C[C@@H]2C)C3(C)C)n1. The predicted molar refractivity (Wildman–Crippen MR) is 133 cm³/mol. The first-order valence-electron chi connectivity index (χ1n) is 12.4. The van der Waals surface area contributed by atoms with Gasteiger partial charge in [-0.25, -0.2) is 9.78 Å². The molecule has 0 spiro atoms. The molecule has 0 saturated carbocycles. The second-order valence-electron chi connectivity index (χ2n) is 9.82. The fraction of sp³-hybridized carbons (Fsp3) is 0.667. The van der Waals surface area contributed by atoms with Crippen LogP contribution in [0.5, 0.6) is 5.88 Å². The molecule has 11 nitrogen and oxygen atoms in total. The lowest BCUT2D eigenvalue weighted by Crippen LogP contribution is -2.61. The molecule has 0 aliphatic carbocycles. The highest BCUT2D eigenvalue weighted by molar-refractivity contribution is 5.78. The van der Waals surface area contributed by atoms with E-state index in [9.17, 15) is 4.79 Å². The summed E-state index contributed by atoms with van der Waals surface area (Å²) in [6.45, 7) is 14.6. The number of fused-ring (bicyclic) bond motifs is 1. The topological polar surface area (TPSA) is 112 Å². The summed E-state index contributed by atoms with van der Waals surface area (Å²) in [5.74, 6) is 1.53. The van der Waals surface area contributed by atoms with Gasteiger partial charge in [0.2, 0.25) is 11.8 Å². The second kappa shape index (κ2) is 10.4. The van der Waals surface area contributed by atoms with Crippen molar-refractivity contribution in [2.45, 2.75) is 65.2 Å². The quantitative estimate of drug-likeness (QED) is 0.548. The minimum absolute atomic E-state index is 0.0519. The number of nitrogens with one attached hydrogen (secondary N) is 2. The molecule has 4 rings (SSSR count). The molecule has 192 valence electrons. The molecule has 2 amide bonds. The first-order chi connectivity index (χ1) is 16.8. The Morgan fingerprint density at radius 3 is 2.83 bits per heavy atom. The molecule has 2 N–H and O–H groups in total. The van der Waals surface area contributed by atoms with E-state index in [-0.39, 0.29) is 12.1 Å². The molecule has 2 aliphatic heterocycles. The van der Waals surface area contributed by atoms with Crippen LogP contribution in [-0.4, -0.2) is 92.9 Å². The normalized spacial score (nSPS) is 21.8. The number of aromatic amines is 1. The molecule has 11 heteroatoms. The van der Waals surface area contributed by atoms with Crippen LogP contribution in [0, 0.1) is 0 Å². The predicted octanol–water partition coefficient (Wildman–Crippen LogP) is 2.94. The maximum absolute atomic E-state index is 13.8. The Kier molecular flexibility index (Phi) is 7.46. The highest BCUT2D eigenvalue weighted by Crippen LogP contribution is 2.42. The summed E-state index contributed by atoms with van der Waals surface area (Å²) in [7, 11) is 1.73. The average Bonchev–Trinajstić information content (AvgIpc) is 3.34. The minimum Gasteiger partial charge on any atom is -0.478 e. The Bertz CT molecular complexity index is 1030. The molecule has 4 heterocycles. The molecule has 2 aromatic heterocycles. The van der Waals surface area contributed by atoms with Gasteiger partial charge >= 0.3 is 6.03 Å². The molecular weight excluding hydrogens is 448 g/mol. The van der Waals surface area contributed by atoms with E-state index in [2.05, 4.69) is 58.1 Å². The van der Waals surface area contributed by atoms with Crippen LogP contribution in [0.1, 0.15) is 52.3 Å². The van der Waals surface area contributed by atoms with Crippen LogP contribution in [-0.2, 0) is 16.8 Å². The zero-order valence-corrected chi connectivity index (χ0v) is 21.7. The van der Waals surface area contributed by atoms with E-state index in [0.717, 1.165) is 37.4 Å². The number of hydrogen-bond acceptors (Lipinski definition) is 8. The molecule has 2 atom stereocenters. The third-order valence-corrected chi connectivity index (χ3v) is 7.01. The molecule has 0 bridgehead atoms. The van der Waals surface area contributed by atoms with Crippen LogP contribution >= 0.6 is 0 Å². The van der Waals surface area contributed by atoms with E-state index in [1.54, 1.807) is 19.4 Å². The van der Waals surface area contributed by atoms with E-state index < -0.39 is 5.54 Å². The highest BCUT2D eigenvalue weighted by atomic mass is 16.5. The number of carbonyl (C=O) groups is 1. The van der Waals surface area contributed by atoms with Gasteiger partial charge in [0.05, 0.1) is 24.4 Å². The van der Waals surface area contributed by atoms with E-state index >= 15 is 0 Å². The molecule has 0 radical (unpaired) electrons. The van der Waals surface area contributed by atoms with Crippen LogP contribution in [0.3, 0.4) is 0 Å². The van der Waals surface area contributed by atoms with E-state index in [4.69, 9.17) is 9.47 Å². The van der Waals surface area contributed by atoms with Gasteiger partial charge in [0.25, 0.3) is 0 Å². The highest BCUT2D eigenvalue weighted by Gasteiger charge is 2.46. The zero-order valence-electron chi connectivity index (χ0n) is 21.7. The molecule has 1 saturated heterocycles. The van der Waals surface area contributed by atoms with Gasteiger partial charge in [-0.15, -0.1) is 0 Å². The molecule has 2 aromatic rings. The van der Waals surface area contributed by atoms with Crippen LogP contribution in [0.15, 0.2) is 12.3 Å². The molecular formula is C24H38N8O3. The summed E-state index contributed by atoms with van der Waals surface area (Å²) >= 11 is 0. The lowest BCUT2D eigenvalue weighted by molar-refractivity contribution is 0.0315. The molecule has 0 unspecified atom stereocenters. The number of nitrogens with zero attached hydrogens (tertiary/aromatic N) is 6. The summed E-state index contributed by atoms with van der Waals surface area (Å²) in [6, 6.07) is 2.19. The van der Waals surface area contributed by atoms with E-state index in [1.807, 2.05) is 16.7 Å². The van der Waals surface area contributed by atoms with Gasteiger partial charge in [-0.05, 0) is 41.0 Å². The smallest absolute Gasteiger partial charge is 0.321 e. The lowest BCUT2D eigenvalue weighted by atomic mass is 10.0. The lowest BCUT2D eigenvalue weighted by Gasteiger charge is -2.46. The Morgan fingerprint density at radius 2 is 2.09 bits per heavy atom. The van der Waals surface area contributed by atoms with Crippen LogP contribution < -0.4 is 10.1 Å². The third-order valence-electron chi connectivity index (χ3n) is 7.01. The number of amides is 2. The van der Waals surface area contributed by atoms with Crippen molar-refractivity contribution in [3.05, 3.63) is 23.5 Å². The van der Waals surface area contributed by atoms with Gasteiger partial charge < -0.3 is 24.6 Å². The van der Waals surface area contributed by atoms with E-state index in [1.165, 1.54) is 0 Å². The Hall–Kier alpha value is -2.92. The maximum Gasteiger partial charge on any atom is 0.321 e. The number of methoxy groups -OCH3 is 1. The van der Waals surface area contributed by atoms with Gasteiger partial charge in [0, 0.05) is 63.3 Å². The van der Waals surface area contributed by atoms with Crippen molar-refractivity contribution < 1.29 is 14.3 Å². The van der Waals surface area contributed by atoms with Crippen molar-refractivity contribution in [2.75, 3.05) is 45.3 Å². The van der Waals surface area contributed by atoms with Crippen LogP contribution in [0.4, 0.5) is 16.6 Å². The number of H-pyrrole nitrogens is 1. The number of ether oxygens (including phenoxy) is 2. The molecule has 0 aromatic carbocycles. The molecule has 35 heavy (non-hydrogen) atoms. The minimum atomic E-state index is -0.522. The van der Waals surface area contributed by atoms with Gasteiger partial charge in [-0.1, -0.05) is 0 Å². The summed E-state index contributed by atoms with van der Waals surface area (Å²) in [4.78, 5) is 28.9. The Labute approximate surface area is 207 Å². The summed E-state index contributed by atoms with van der Waals surface area (Å²) in [5.41, 5.74) is 1.35. The van der Waals surface area contributed by atoms with Crippen molar-refractivity contribution in [1.82, 2.24) is 34.9 Å². The molecule has 1 fully saturated rings. The number of aromatic nitrogens is 4. The van der Waals surface area contributed by atoms with Gasteiger partial charge in [-0.3, -0.25) is 10.00 Å². The summed E-state index contributed by atoms with van der Waals surface area (Å²) in [6.07, 6.45) is 2.64. The zero-order chi connectivity index (χ0) is 25.2. The van der Waals surface area contributed by atoms with Crippen molar-refractivity contribution >= 4 is 17.8 Å². The number of urea groups is 1. The van der Waals surface area contributed by atoms with Crippen LogP contribution in [0.2, 0.25) is 0 Å². The van der Waals surface area contributed by atoms with Gasteiger partial charge in [0.15, 0.2) is 5.82 Å². The number of piperazine rings is 1. The number of hydrogen-bond donors (Lipinski definition) is 2. The van der Waals surface area contributed by atoms with Crippen molar-refractivity contribution in [3.63, 3.8) is 0 Å². The van der Waals surface area contributed by atoms with Crippen molar-refractivity contribution in [2.24, 2.45) is 0 Å². The van der Waals surface area contributed by atoms with Crippen LogP contribution in [0.25, 0.3) is 0 Å². The molecule has 2 aliphatic rings. The summed E-state index contributed by atoms with van der Waals surface area (Å²) < 4.78 is 10.7. The number of carbonyl (C=O) groups excluding carboxylic acids is 1. The second-order valence-corrected chi connectivity index (χ2v) is 9.82. The monoisotopic (exact) mass is 486 g/mol.